The molecule has 0 aliphatic carbocycles. The van der Waals surface area contributed by atoms with Crippen molar-refractivity contribution in [1.29, 1.82) is 0 Å². The molecule has 32 heavy (non-hydrogen) atoms. The summed E-state index contributed by atoms with van der Waals surface area (Å²) in [5, 5.41) is 3.02. The highest BCUT2D eigenvalue weighted by Crippen LogP contribution is 2.31. The fraction of sp³-hybridized carbons (Fsp3) is 0.130. The van der Waals surface area contributed by atoms with E-state index in [1.165, 1.54) is 24.5 Å². The first kappa shape index (κ1) is 21.5. The molecule has 9 heteroatoms. The molecule has 8 nitrogen and oxygen atoms in total. The number of fused-ring (bicyclic) bond motifs is 1. The SMILES string of the molecule is CCOC1Oc2ccccc2C(=O)/C1=C/Nc1ccc(S(=O)(=O)Nc2ccccn2)cc1. The summed E-state index contributed by atoms with van der Waals surface area (Å²) in [7, 11) is -3.77. The van der Waals surface area contributed by atoms with Crippen molar-refractivity contribution in [2.75, 3.05) is 16.6 Å². The molecule has 0 spiro atoms. The Morgan fingerprint density at radius 3 is 2.53 bits per heavy atom. The summed E-state index contributed by atoms with van der Waals surface area (Å²) in [5.41, 5.74) is 1.37. The number of hydrogen-bond acceptors (Lipinski definition) is 7. The van der Waals surface area contributed by atoms with Crippen molar-refractivity contribution >= 4 is 27.3 Å². The Morgan fingerprint density at radius 2 is 1.81 bits per heavy atom. The Kier molecular flexibility index (Phi) is 6.20. The van der Waals surface area contributed by atoms with Crippen molar-refractivity contribution in [2.45, 2.75) is 18.1 Å². The highest BCUT2D eigenvalue weighted by atomic mass is 32.2. The predicted octanol–water partition coefficient (Wildman–Crippen LogP) is 3.82. The Morgan fingerprint density at radius 1 is 1.06 bits per heavy atom. The number of carbonyl (C=O) groups is 1. The summed E-state index contributed by atoms with van der Waals surface area (Å²) in [5.74, 6) is 0.511. The van der Waals surface area contributed by atoms with Gasteiger partial charge in [-0.1, -0.05) is 18.2 Å². The molecule has 0 amide bonds. The standard InChI is InChI=1S/C23H21N3O5S/c1-2-30-23-19(22(27)18-7-3-4-8-20(18)31-23)15-25-16-10-12-17(13-11-16)32(28,29)26-21-9-5-6-14-24-21/h3-15,23,25H,2H2,1H3,(H,24,26)/b19-15-. The van der Waals surface area contributed by atoms with E-state index in [1.54, 1.807) is 54.6 Å². The molecule has 1 aromatic heterocycles. The minimum atomic E-state index is -3.77. The summed E-state index contributed by atoms with van der Waals surface area (Å²) in [6, 6.07) is 18.0. The molecule has 1 unspecified atom stereocenters. The number of ether oxygens (including phenoxy) is 2. The quantitative estimate of drug-likeness (QED) is 0.526. The van der Waals surface area contributed by atoms with Gasteiger partial charge in [-0.2, -0.15) is 0 Å². The molecule has 0 saturated heterocycles. The molecule has 2 N–H and O–H groups in total. The van der Waals surface area contributed by atoms with Gasteiger partial charge < -0.3 is 14.8 Å². The van der Waals surface area contributed by atoms with E-state index >= 15 is 0 Å². The number of nitrogens with zero attached hydrogens (tertiary/aromatic N) is 1. The van der Waals surface area contributed by atoms with Crippen LogP contribution in [0.25, 0.3) is 0 Å². The van der Waals surface area contributed by atoms with Crippen LogP contribution in [0.5, 0.6) is 5.75 Å². The van der Waals surface area contributed by atoms with Crippen LogP contribution in [0.2, 0.25) is 0 Å². The molecule has 1 aliphatic heterocycles. The lowest BCUT2D eigenvalue weighted by Crippen LogP contribution is -2.33. The number of rotatable bonds is 7. The van der Waals surface area contributed by atoms with E-state index < -0.39 is 16.3 Å². The number of Topliss-reactive ketones (excluding diaryl/α,β-unsaturated/α-hetero) is 1. The first-order valence-electron chi connectivity index (χ1n) is 9.90. The summed E-state index contributed by atoms with van der Waals surface area (Å²) < 4.78 is 38.9. The smallest absolute Gasteiger partial charge is 0.263 e. The molecule has 2 heterocycles. The van der Waals surface area contributed by atoms with E-state index in [-0.39, 0.29) is 16.5 Å². The van der Waals surface area contributed by atoms with Gasteiger partial charge >= 0.3 is 0 Å². The van der Waals surface area contributed by atoms with Gasteiger partial charge in [-0.05, 0) is 55.5 Å². The fourth-order valence-electron chi connectivity index (χ4n) is 3.12. The predicted molar refractivity (Wildman–Crippen MR) is 120 cm³/mol. The summed E-state index contributed by atoms with van der Waals surface area (Å²) in [4.78, 5) is 17.0. The lowest BCUT2D eigenvalue weighted by molar-refractivity contribution is -0.0509. The van der Waals surface area contributed by atoms with E-state index in [0.29, 0.717) is 29.2 Å². The Balaban J connectivity index is 1.52. The van der Waals surface area contributed by atoms with Crippen LogP contribution >= 0.6 is 0 Å². The first-order chi connectivity index (χ1) is 15.5. The van der Waals surface area contributed by atoms with E-state index in [2.05, 4.69) is 15.0 Å². The van der Waals surface area contributed by atoms with Crippen molar-refractivity contribution in [2.24, 2.45) is 0 Å². The van der Waals surface area contributed by atoms with Crippen molar-refractivity contribution in [3.63, 3.8) is 0 Å². The van der Waals surface area contributed by atoms with Gasteiger partial charge in [0, 0.05) is 24.7 Å². The third-order valence-corrected chi connectivity index (χ3v) is 6.03. The van der Waals surface area contributed by atoms with Gasteiger partial charge in [0.25, 0.3) is 10.0 Å². The van der Waals surface area contributed by atoms with Crippen LogP contribution in [0, 0.1) is 0 Å². The number of hydrogen-bond donors (Lipinski definition) is 2. The Labute approximate surface area is 186 Å². The molecule has 0 fully saturated rings. The molecular formula is C23H21N3O5S. The van der Waals surface area contributed by atoms with Gasteiger partial charge in [-0.3, -0.25) is 9.52 Å². The molecule has 4 rings (SSSR count). The molecule has 164 valence electrons. The summed E-state index contributed by atoms with van der Waals surface area (Å²) in [6.45, 7) is 2.19. The first-order valence-corrected chi connectivity index (χ1v) is 11.4. The van der Waals surface area contributed by atoms with E-state index in [1.807, 2.05) is 6.92 Å². The minimum Gasteiger partial charge on any atom is -0.460 e. The number of para-hydroxylation sites is 1. The van der Waals surface area contributed by atoms with Crippen LogP contribution in [-0.2, 0) is 14.8 Å². The third kappa shape index (κ3) is 4.63. The van der Waals surface area contributed by atoms with Crippen molar-refractivity contribution < 1.29 is 22.7 Å². The Hall–Kier alpha value is -3.69. The van der Waals surface area contributed by atoms with Crippen LogP contribution < -0.4 is 14.8 Å². The number of aromatic nitrogens is 1. The number of ketones is 1. The topological polar surface area (TPSA) is 107 Å². The number of nitrogens with one attached hydrogen (secondary N) is 2. The number of benzene rings is 2. The van der Waals surface area contributed by atoms with Gasteiger partial charge in [-0.25, -0.2) is 13.4 Å². The number of sulfonamides is 1. The van der Waals surface area contributed by atoms with Crippen molar-refractivity contribution in [1.82, 2.24) is 4.98 Å². The molecule has 1 aliphatic rings. The maximum absolute atomic E-state index is 12.9. The van der Waals surface area contributed by atoms with Crippen LogP contribution in [-0.4, -0.2) is 32.1 Å². The molecule has 0 bridgehead atoms. The molecule has 1 atom stereocenters. The monoisotopic (exact) mass is 451 g/mol. The van der Waals surface area contributed by atoms with E-state index in [4.69, 9.17) is 9.47 Å². The van der Waals surface area contributed by atoms with Crippen LogP contribution in [0.15, 0.2) is 89.6 Å². The lowest BCUT2D eigenvalue weighted by atomic mass is 10.00. The molecular weight excluding hydrogens is 430 g/mol. The van der Waals surface area contributed by atoms with Gasteiger partial charge in [0.2, 0.25) is 6.29 Å². The minimum absolute atomic E-state index is 0.0829. The maximum atomic E-state index is 12.9. The molecule has 3 aromatic rings. The van der Waals surface area contributed by atoms with Gasteiger partial charge in [0.15, 0.2) is 5.78 Å². The zero-order chi connectivity index (χ0) is 22.6. The largest absolute Gasteiger partial charge is 0.460 e. The molecule has 0 radical (unpaired) electrons. The average molecular weight is 452 g/mol. The van der Waals surface area contributed by atoms with Gasteiger partial charge in [0.05, 0.1) is 16.0 Å². The lowest BCUT2D eigenvalue weighted by Gasteiger charge is -2.27. The second-order valence-electron chi connectivity index (χ2n) is 6.82. The Bertz CT molecular complexity index is 1240. The second-order valence-corrected chi connectivity index (χ2v) is 8.50. The van der Waals surface area contributed by atoms with E-state index in [9.17, 15) is 13.2 Å². The molecule has 0 saturated carbocycles. The number of carbonyl (C=O) groups excluding carboxylic acids is 1. The van der Waals surface area contributed by atoms with Crippen LogP contribution in [0.4, 0.5) is 11.5 Å². The van der Waals surface area contributed by atoms with Gasteiger partial charge in [0.1, 0.15) is 11.6 Å². The zero-order valence-electron chi connectivity index (χ0n) is 17.2. The summed E-state index contributed by atoms with van der Waals surface area (Å²) in [6.07, 6.45) is 2.19. The third-order valence-electron chi connectivity index (χ3n) is 4.66. The highest BCUT2D eigenvalue weighted by Gasteiger charge is 2.32. The summed E-state index contributed by atoms with van der Waals surface area (Å²) >= 11 is 0. The number of anilines is 2. The number of pyridine rings is 1. The normalized spacial score (nSPS) is 16.8. The van der Waals surface area contributed by atoms with E-state index in [0.717, 1.165) is 0 Å². The molecule has 2 aromatic carbocycles. The average Bonchev–Trinajstić information content (AvgIpc) is 2.80. The maximum Gasteiger partial charge on any atom is 0.263 e. The highest BCUT2D eigenvalue weighted by molar-refractivity contribution is 7.92. The van der Waals surface area contributed by atoms with Crippen molar-refractivity contribution in [3.8, 4) is 5.75 Å². The second kappa shape index (κ2) is 9.21. The van der Waals surface area contributed by atoms with Crippen LogP contribution in [0.1, 0.15) is 17.3 Å². The fourth-order valence-corrected chi connectivity index (χ4v) is 4.13. The zero-order valence-corrected chi connectivity index (χ0v) is 18.0. The van der Waals surface area contributed by atoms with Crippen LogP contribution in [0.3, 0.4) is 0 Å². The van der Waals surface area contributed by atoms with Gasteiger partial charge in [-0.15, -0.1) is 0 Å². The van der Waals surface area contributed by atoms with Crippen molar-refractivity contribution in [3.05, 3.63) is 90.3 Å².